The zero-order valence-corrected chi connectivity index (χ0v) is 21.5. The van der Waals surface area contributed by atoms with Crippen molar-refractivity contribution < 1.29 is 9.59 Å². The maximum atomic E-state index is 13.6. The van der Waals surface area contributed by atoms with E-state index >= 15 is 0 Å². The van der Waals surface area contributed by atoms with Gasteiger partial charge >= 0.3 is 0 Å². The minimum absolute atomic E-state index is 0.00404. The van der Waals surface area contributed by atoms with Crippen molar-refractivity contribution in [2.75, 3.05) is 19.6 Å². The van der Waals surface area contributed by atoms with Gasteiger partial charge in [-0.2, -0.15) is 5.10 Å². The van der Waals surface area contributed by atoms with Gasteiger partial charge in [0.25, 0.3) is 0 Å². The molecule has 2 N–H and O–H groups in total. The maximum Gasteiger partial charge on any atom is 0.246 e. The van der Waals surface area contributed by atoms with Crippen LogP contribution in [0.3, 0.4) is 0 Å². The lowest BCUT2D eigenvalue weighted by atomic mass is 9.80. The van der Waals surface area contributed by atoms with Crippen LogP contribution in [-0.2, 0) is 9.59 Å². The Labute approximate surface area is 208 Å². The quantitative estimate of drug-likeness (QED) is 0.628. The number of benzene rings is 1. The van der Waals surface area contributed by atoms with Gasteiger partial charge in [-0.05, 0) is 51.5 Å². The number of nitrogens with one attached hydrogen (secondary N) is 2. The number of rotatable bonds is 6. The van der Waals surface area contributed by atoms with E-state index in [1.165, 1.54) is 11.1 Å². The number of carbonyl (C=O) groups is 2. The Kier molecular flexibility index (Phi) is 7.32. The number of piperidine rings is 1. The molecule has 0 radical (unpaired) electrons. The minimum Gasteiger partial charge on any atom is -0.342 e. The smallest absolute Gasteiger partial charge is 0.246 e. The number of hydrogen-bond donors (Lipinski definition) is 2. The first-order valence-corrected chi connectivity index (χ1v) is 12.6. The molecule has 1 aromatic carbocycles. The van der Waals surface area contributed by atoms with Crippen LogP contribution < -0.4 is 5.32 Å². The topological polar surface area (TPSA) is 81.3 Å². The van der Waals surface area contributed by atoms with Crippen molar-refractivity contribution in [3.63, 3.8) is 0 Å². The fourth-order valence-corrected chi connectivity index (χ4v) is 5.70. The number of carbonyl (C=O) groups excluding carboxylic acids is 2. The summed E-state index contributed by atoms with van der Waals surface area (Å²) in [4.78, 5) is 31.3. The molecular weight excluding hydrogens is 438 g/mol. The van der Waals surface area contributed by atoms with E-state index < -0.39 is 11.6 Å². The molecule has 7 nitrogen and oxygen atoms in total. The molecule has 1 unspecified atom stereocenters. The van der Waals surface area contributed by atoms with Crippen molar-refractivity contribution in [3.05, 3.63) is 52.8 Å². The van der Waals surface area contributed by atoms with Crippen LogP contribution in [0.15, 0.2) is 30.3 Å². The van der Waals surface area contributed by atoms with Crippen molar-refractivity contribution in [3.8, 4) is 11.8 Å². The zero-order chi connectivity index (χ0) is 25.2. The van der Waals surface area contributed by atoms with Crippen molar-refractivity contribution >= 4 is 11.8 Å². The van der Waals surface area contributed by atoms with E-state index in [0.717, 1.165) is 11.4 Å². The van der Waals surface area contributed by atoms with Gasteiger partial charge in [0.2, 0.25) is 11.8 Å². The Morgan fingerprint density at radius 2 is 1.83 bits per heavy atom. The molecule has 186 valence electrons. The predicted octanol–water partition coefficient (Wildman–Crippen LogP) is 3.35. The SMILES string of the molecule is CC#CCN1C(=O)[C@H](CC(C)C)NC(=O)C12CCN(C(c1ccccc1)c1c(C)n[nH]c1C)CC2. The number of H-pyrrole nitrogens is 1. The van der Waals surface area contributed by atoms with Crippen LogP contribution in [0, 0.1) is 31.6 Å². The Hall–Kier alpha value is -3.11. The van der Waals surface area contributed by atoms with E-state index in [-0.39, 0.29) is 17.9 Å². The van der Waals surface area contributed by atoms with E-state index in [0.29, 0.717) is 44.8 Å². The molecule has 35 heavy (non-hydrogen) atoms. The van der Waals surface area contributed by atoms with E-state index in [1.807, 2.05) is 13.0 Å². The Morgan fingerprint density at radius 1 is 1.14 bits per heavy atom. The summed E-state index contributed by atoms with van der Waals surface area (Å²) >= 11 is 0. The molecule has 2 fully saturated rings. The largest absolute Gasteiger partial charge is 0.342 e. The highest BCUT2D eigenvalue weighted by Crippen LogP contribution is 2.39. The average molecular weight is 476 g/mol. The first-order valence-electron chi connectivity index (χ1n) is 12.6. The standard InChI is InChI=1S/C28H37N5O2/c1-6-7-15-33-26(34)23(18-19(2)3)29-27(35)28(33)13-16-32(17-14-28)25(22-11-9-8-10-12-22)24-20(4)30-31-21(24)5/h8-12,19,23,25H,13-18H2,1-5H3,(H,29,35)(H,30,31)/t23-,25?/m0/s1. The van der Waals surface area contributed by atoms with Gasteiger partial charge in [-0.3, -0.25) is 19.6 Å². The molecule has 1 aromatic heterocycles. The molecule has 2 aliphatic heterocycles. The highest BCUT2D eigenvalue weighted by atomic mass is 16.2. The number of hydrogen-bond acceptors (Lipinski definition) is 4. The maximum absolute atomic E-state index is 13.6. The molecular formula is C28H37N5O2. The summed E-state index contributed by atoms with van der Waals surface area (Å²) in [6.07, 6.45) is 1.78. The number of piperazine rings is 1. The molecule has 3 heterocycles. The van der Waals surface area contributed by atoms with Crippen LogP contribution in [-0.4, -0.2) is 63.0 Å². The predicted molar refractivity (Wildman–Crippen MR) is 136 cm³/mol. The number of aromatic nitrogens is 2. The fourth-order valence-electron chi connectivity index (χ4n) is 5.70. The molecule has 2 aliphatic rings. The lowest BCUT2D eigenvalue weighted by Crippen LogP contribution is -2.73. The highest BCUT2D eigenvalue weighted by molar-refractivity contribution is 6.00. The molecule has 1 spiro atoms. The zero-order valence-electron chi connectivity index (χ0n) is 21.5. The van der Waals surface area contributed by atoms with Crippen LogP contribution in [0.5, 0.6) is 0 Å². The summed E-state index contributed by atoms with van der Waals surface area (Å²) in [6, 6.07) is 10.0. The lowest BCUT2D eigenvalue weighted by Gasteiger charge is -2.52. The van der Waals surface area contributed by atoms with Crippen molar-refractivity contribution in [1.82, 2.24) is 25.3 Å². The molecule has 0 bridgehead atoms. The molecule has 4 rings (SSSR count). The number of aromatic amines is 1. The normalized spacial score (nSPS) is 21.1. The monoisotopic (exact) mass is 475 g/mol. The van der Waals surface area contributed by atoms with E-state index in [9.17, 15) is 9.59 Å². The van der Waals surface area contributed by atoms with Gasteiger partial charge in [0.15, 0.2) is 0 Å². The second kappa shape index (κ2) is 10.2. The van der Waals surface area contributed by atoms with Crippen LogP contribution in [0.4, 0.5) is 0 Å². The van der Waals surface area contributed by atoms with Crippen molar-refractivity contribution in [1.29, 1.82) is 0 Å². The number of amides is 2. The van der Waals surface area contributed by atoms with E-state index in [1.54, 1.807) is 11.8 Å². The second-order valence-electron chi connectivity index (χ2n) is 10.2. The Balaban J connectivity index is 1.64. The Bertz CT molecular complexity index is 1100. The first kappa shape index (κ1) is 25.0. The van der Waals surface area contributed by atoms with Gasteiger partial charge < -0.3 is 10.2 Å². The molecule has 2 atom stereocenters. The van der Waals surface area contributed by atoms with Crippen LogP contribution in [0.2, 0.25) is 0 Å². The third-order valence-corrected chi connectivity index (χ3v) is 7.49. The third kappa shape index (κ3) is 4.72. The average Bonchev–Trinajstić information content (AvgIpc) is 3.17. The summed E-state index contributed by atoms with van der Waals surface area (Å²) in [5.41, 5.74) is 3.57. The highest BCUT2D eigenvalue weighted by Gasteiger charge is 2.54. The number of likely N-dealkylation sites (tertiary alicyclic amines) is 1. The minimum atomic E-state index is -0.855. The van der Waals surface area contributed by atoms with Gasteiger partial charge in [0.05, 0.1) is 18.3 Å². The fraction of sp³-hybridized carbons (Fsp3) is 0.536. The first-order chi connectivity index (χ1) is 16.8. The van der Waals surface area contributed by atoms with Crippen LogP contribution >= 0.6 is 0 Å². The second-order valence-corrected chi connectivity index (χ2v) is 10.2. The van der Waals surface area contributed by atoms with Gasteiger partial charge in [-0.15, -0.1) is 5.92 Å². The summed E-state index contributed by atoms with van der Waals surface area (Å²) in [5, 5.41) is 10.7. The third-order valence-electron chi connectivity index (χ3n) is 7.49. The molecule has 2 amide bonds. The molecule has 2 saturated heterocycles. The summed E-state index contributed by atoms with van der Waals surface area (Å²) < 4.78 is 0. The summed E-state index contributed by atoms with van der Waals surface area (Å²) in [7, 11) is 0. The molecule has 7 heteroatoms. The molecule has 0 aliphatic carbocycles. The van der Waals surface area contributed by atoms with Crippen molar-refractivity contribution in [2.45, 2.75) is 71.5 Å². The van der Waals surface area contributed by atoms with Crippen LogP contribution in [0.25, 0.3) is 0 Å². The lowest BCUT2D eigenvalue weighted by molar-refractivity contribution is -0.160. The molecule has 0 saturated carbocycles. The van der Waals surface area contributed by atoms with E-state index in [2.05, 4.69) is 77.3 Å². The van der Waals surface area contributed by atoms with E-state index in [4.69, 9.17) is 0 Å². The van der Waals surface area contributed by atoms with Crippen molar-refractivity contribution in [2.24, 2.45) is 5.92 Å². The number of aryl methyl sites for hydroxylation is 2. The Morgan fingerprint density at radius 3 is 2.40 bits per heavy atom. The number of nitrogens with zero attached hydrogens (tertiary/aromatic N) is 3. The summed E-state index contributed by atoms with van der Waals surface area (Å²) in [5.74, 6) is 6.25. The van der Waals surface area contributed by atoms with Gasteiger partial charge in [-0.25, -0.2) is 0 Å². The van der Waals surface area contributed by atoms with Gasteiger partial charge in [0.1, 0.15) is 11.6 Å². The summed E-state index contributed by atoms with van der Waals surface area (Å²) in [6.45, 7) is 11.7. The van der Waals surface area contributed by atoms with Gasteiger partial charge in [0, 0.05) is 24.3 Å². The van der Waals surface area contributed by atoms with Gasteiger partial charge in [-0.1, -0.05) is 50.1 Å². The van der Waals surface area contributed by atoms with Crippen LogP contribution in [0.1, 0.15) is 68.6 Å². The molecule has 2 aromatic rings.